The molecule has 1 fully saturated rings. The molecule has 2 heterocycles. The van der Waals surface area contributed by atoms with Gasteiger partial charge in [-0.15, -0.1) is 0 Å². The number of hydrogen-bond donors (Lipinski definition) is 1. The molecule has 1 aliphatic carbocycles. The van der Waals surface area contributed by atoms with E-state index in [1.54, 1.807) is 20.5 Å². The number of hydrogen-bond acceptors (Lipinski definition) is 7. The van der Waals surface area contributed by atoms with Gasteiger partial charge in [-0.2, -0.15) is 0 Å². The molecule has 7 heteroatoms. The third kappa shape index (κ3) is 3.37. The van der Waals surface area contributed by atoms with Gasteiger partial charge < -0.3 is 29.4 Å². The van der Waals surface area contributed by atoms with Gasteiger partial charge in [0.1, 0.15) is 17.1 Å². The van der Waals surface area contributed by atoms with E-state index in [1.807, 2.05) is 36.4 Å². The van der Waals surface area contributed by atoms with Crippen LogP contribution in [0.2, 0.25) is 0 Å². The van der Waals surface area contributed by atoms with Gasteiger partial charge in [-0.25, -0.2) is 0 Å². The van der Waals surface area contributed by atoms with Crippen LogP contribution in [0.25, 0.3) is 11.0 Å². The lowest BCUT2D eigenvalue weighted by Gasteiger charge is -2.41. The number of ether oxygens (including phenoxy) is 2. The van der Waals surface area contributed by atoms with Crippen molar-refractivity contribution in [1.82, 2.24) is 4.90 Å². The predicted octanol–water partition coefficient (Wildman–Crippen LogP) is 4.49. The molecule has 1 unspecified atom stereocenters. The maximum atomic E-state index is 6.41. The van der Waals surface area contributed by atoms with Gasteiger partial charge in [-0.3, -0.25) is 0 Å². The second-order valence-electron chi connectivity index (χ2n) is 8.47. The number of fused-ring (bicyclic) bond motifs is 1. The molecule has 2 aliphatic rings. The van der Waals surface area contributed by atoms with Gasteiger partial charge in [0.25, 0.3) is 0 Å². The Balaban J connectivity index is 1.57. The van der Waals surface area contributed by atoms with Crippen LogP contribution in [0.1, 0.15) is 36.8 Å². The van der Waals surface area contributed by atoms with Crippen molar-refractivity contribution in [3.8, 4) is 11.5 Å². The smallest absolute Gasteiger partial charge is 0.226 e. The molecule has 3 aromatic rings. The lowest BCUT2D eigenvalue weighted by molar-refractivity contribution is -0.134. The van der Waals surface area contributed by atoms with Crippen LogP contribution in [0.5, 0.6) is 11.5 Å². The highest BCUT2D eigenvalue weighted by Crippen LogP contribution is 2.43. The van der Waals surface area contributed by atoms with E-state index in [1.165, 1.54) is 12.8 Å². The largest absolute Gasteiger partial charge is 0.497 e. The average Bonchev–Trinajstić information content (AvgIpc) is 3.59. The molecule has 2 N–H and O–H groups in total. The third-order valence-corrected chi connectivity index (χ3v) is 6.83. The molecule has 0 amide bonds. The van der Waals surface area contributed by atoms with E-state index >= 15 is 0 Å². The van der Waals surface area contributed by atoms with E-state index < -0.39 is 5.72 Å². The number of rotatable bonds is 7. The fourth-order valence-electron chi connectivity index (χ4n) is 5.05. The molecule has 5 rings (SSSR count). The summed E-state index contributed by atoms with van der Waals surface area (Å²) in [4.78, 5) is 8.45. The number of nitrogens with two attached hydrogens (primary N) is 1. The van der Waals surface area contributed by atoms with E-state index in [0.717, 1.165) is 52.3 Å². The number of oxime groups is 1. The Kier molecular flexibility index (Phi) is 5.43. The zero-order chi connectivity index (χ0) is 22.1. The summed E-state index contributed by atoms with van der Waals surface area (Å²) in [5, 5.41) is 5.64. The molecule has 1 aromatic heterocycles. The minimum atomic E-state index is -0.686. The lowest BCUT2D eigenvalue weighted by Crippen LogP contribution is -2.57. The van der Waals surface area contributed by atoms with E-state index in [4.69, 9.17) is 24.5 Å². The Morgan fingerprint density at radius 2 is 1.94 bits per heavy atom. The Bertz CT molecular complexity index is 1140. The highest BCUT2D eigenvalue weighted by molar-refractivity contribution is 6.02. The van der Waals surface area contributed by atoms with Crippen LogP contribution in [-0.4, -0.2) is 37.2 Å². The molecular formula is C25H29N3O4. The fourth-order valence-corrected chi connectivity index (χ4v) is 5.05. The summed E-state index contributed by atoms with van der Waals surface area (Å²) in [6, 6.07) is 13.9. The monoisotopic (exact) mass is 435 g/mol. The molecule has 1 atom stereocenters. The van der Waals surface area contributed by atoms with Crippen LogP contribution < -0.4 is 15.2 Å². The van der Waals surface area contributed by atoms with E-state index in [0.29, 0.717) is 19.0 Å². The summed E-state index contributed by atoms with van der Waals surface area (Å²) in [6.45, 7) is 0.905. The van der Waals surface area contributed by atoms with Crippen LogP contribution in [0.15, 0.2) is 58.3 Å². The number of furan rings is 1. The molecule has 1 saturated carbocycles. The Morgan fingerprint density at radius 3 is 2.69 bits per heavy atom. The van der Waals surface area contributed by atoms with Crippen LogP contribution >= 0.6 is 0 Å². The quantitative estimate of drug-likeness (QED) is 0.589. The molecule has 0 bridgehead atoms. The van der Waals surface area contributed by atoms with Crippen molar-refractivity contribution >= 4 is 16.8 Å². The van der Waals surface area contributed by atoms with Gasteiger partial charge in [0.15, 0.2) is 5.84 Å². The van der Waals surface area contributed by atoms with Gasteiger partial charge >= 0.3 is 0 Å². The maximum absolute atomic E-state index is 6.41. The van der Waals surface area contributed by atoms with Crippen molar-refractivity contribution in [2.75, 3.05) is 20.8 Å². The number of methoxy groups -OCH3 is 2. The first-order chi connectivity index (χ1) is 15.7. The van der Waals surface area contributed by atoms with Crippen molar-refractivity contribution in [1.29, 1.82) is 0 Å². The highest BCUT2D eigenvalue weighted by atomic mass is 16.7. The zero-order valence-corrected chi connectivity index (χ0v) is 18.5. The van der Waals surface area contributed by atoms with Crippen molar-refractivity contribution in [2.24, 2.45) is 16.8 Å². The molecule has 168 valence electrons. The van der Waals surface area contributed by atoms with Crippen LogP contribution in [0, 0.1) is 5.92 Å². The number of benzene rings is 2. The predicted molar refractivity (Wildman–Crippen MR) is 123 cm³/mol. The third-order valence-electron chi connectivity index (χ3n) is 6.83. The van der Waals surface area contributed by atoms with Crippen molar-refractivity contribution < 1.29 is 18.7 Å². The van der Waals surface area contributed by atoms with Crippen molar-refractivity contribution in [2.45, 2.75) is 38.0 Å². The van der Waals surface area contributed by atoms with E-state index in [9.17, 15) is 0 Å². The number of nitrogens with zero attached hydrogens (tertiary/aromatic N) is 2. The summed E-state index contributed by atoms with van der Waals surface area (Å²) >= 11 is 0. The normalized spacial score (nSPS) is 21.1. The summed E-state index contributed by atoms with van der Waals surface area (Å²) < 4.78 is 16.7. The maximum Gasteiger partial charge on any atom is 0.226 e. The van der Waals surface area contributed by atoms with Crippen molar-refractivity contribution in [3.63, 3.8) is 0 Å². The first-order valence-corrected chi connectivity index (χ1v) is 11.1. The summed E-state index contributed by atoms with van der Waals surface area (Å²) in [5.41, 5.74) is 8.50. The molecule has 1 aliphatic heterocycles. The average molecular weight is 436 g/mol. The van der Waals surface area contributed by atoms with Crippen LogP contribution in [0.4, 0.5) is 0 Å². The molecule has 0 saturated heterocycles. The second-order valence-corrected chi connectivity index (χ2v) is 8.47. The Labute approximate surface area is 187 Å². The molecule has 0 spiro atoms. The van der Waals surface area contributed by atoms with Gasteiger partial charge in [0.2, 0.25) is 5.72 Å². The highest BCUT2D eigenvalue weighted by Gasteiger charge is 2.52. The van der Waals surface area contributed by atoms with Gasteiger partial charge in [-0.1, -0.05) is 30.1 Å². The standard InChI is InChI=1S/C25H29N3O4/c1-29-21-10-9-19(22(14-21)30-2)15-28-24(18-8-7-17-11-12-31-23(17)13-18)27-32-25(28,16-26)20-5-3-4-6-20/h7-14,20H,3-6,15-16,26H2,1-2H3. The second kappa shape index (κ2) is 8.39. The molecule has 7 nitrogen and oxygen atoms in total. The summed E-state index contributed by atoms with van der Waals surface area (Å²) in [5.74, 6) is 2.58. The minimum absolute atomic E-state index is 0.310. The van der Waals surface area contributed by atoms with Gasteiger partial charge in [0, 0.05) is 28.5 Å². The molecule has 0 radical (unpaired) electrons. The molecule has 32 heavy (non-hydrogen) atoms. The van der Waals surface area contributed by atoms with Crippen LogP contribution in [-0.2, 0) is 11.4 Å². The van der Waals surface area contributed by atoms with Crippen molar-refractivity contribution in [3.05, 3.63) is 59.9 Å². The molecule has 2 aromatic carbocycles. The SMILES string of the molecule is COc1ccc(CN2C(c3ccc4ccoc4c3)=NOC2(CN)C2CCCC2)c(OC)c1. The van der Waals surface area contributed by atoms with E-state index in [-0.39, 0.29) is 0 Å². The first-order valence-electron chi connectivity index (χ1n) is 11.1. The van der Waals surface area contributed by atoms with Gasteiger partial charge in [-0.05, 0) is 37.1 Å². The lowest BCUT2D eigenvalue weighted by atomic mass is 9.91. The summed E-state index contributed by atoms with van der Waals surface area (Å²) in [7, 11) is 3.32. The molecular weight excluding hydrogens is 406 g/mol. The van der Waals surface area contributed by atoms with E-state index in [2.05, 4.69) is 16.1 Å². The van der Waals surface area contributed by atoms with Crippen LogP contribution in [0.3, 0.4) is 0 Å². The number of amidine groups is 1. The summed E-state index contributed by atoms with van der Waals surface area (Å²) in [6.07, 6.45) is 6.22. The Morgan fingerprint density at radius 1 is 1.09 bits per heavy atom. The topological polar surface area (TPSA) is 82.5 Å². The minimum Gasteiger partial charge on any atom is -0.497 e. The zero-order valence-electron chi connectivity index (χ0n) is 18.5. The van der Waals surface area contributed by atoms with Gasteiger partial charge in [0.05, 0.1) is 33.6 Å². The first kappa shape index (κ1) is 20.7. The Hall–Kier alpha value is -3.19. The fraction of sp³-hybridized carbons (Fsp3) is 0.400.